The first-order chi connectivity index (χ1) is 11.2. The van der Waals surface area contributed by atoms with Crippen LogP contribution in [0.15, 0.2) is 18.3 Å². The molecule has 2 saturated carbocycles. The summed E-state index contributed by atoms with van der Waals surface area (Å²) in [7, 11) is 0. The number of aromatic nitrogens is 1. The second-order valence-corrected chi connectivity index (χ2v) is 6.86. The Morgan fingerprint density at radius 1 is 1.43 bits per heavy atom. The van der Waals surface area contributed by atoms with E-state index in [4.69, 9.17) is 4.74 Å². The van der Waals surface area contributed by atoms with E-state index in [1.807, 2.05) is 19.1 Å². The topological polar surface area (TPSA) is 63.2 Å². The molecule has 0 saturated heterocycles. The van der Waals surface area contributed by atoms with Gasteiger partial charge >= 0.3 is 6.03 Å². The molecule has 4 atom stereocenters. The van der Waals surface area contributed by atoms with E-state index in [2.05, 4.69) is 22.5 Å². The van der Waals surface area contributed by atoms with Crippen LogP contribution in [-0.2, 0) is 6.54 Å². The maximum Gasteiger partial charge on any atom is 0.315 e. The molecule has 0 aliphatic heterocycles. The largest absolute Gasteiger partial charge is 0.478 e. The third-order valence-electron chi connectivity index (χ3n) is 5.36. The summed E-state index contributed by atoms with van der Waals surface area (Å²) < 4.78 is 5.48. The molecule has 2 aliphatic rings. The Morgan fingerprint density at radius 2 is 2.30 bits per heavy atom. The van der Waals surface area contributed by atoms with E-state index in [1.54, 1.807) is 6.20 Å². The van der Waals surface area contributed by atoms with E-state index in [9.17, 15) is 4.79 Å². The van der Waals surface area contributed by atoms with E-state index in [0.29, 0.717) is 24.9 Å². The molecule has 2 fully saturated rings. The highest BCUT2D eigenvalue weighted by Gasteiger charge is 2.42. The highest BCUT2D eigenvalue weighted by molar-refractivity contribution is 5.74. The van der Waals surface area contributed by atoms with Crippen LogP contribution in [0.4, 0.5) is 4.79 Å². The highest BCUT2D eigenvalue weighted by Crippen LogP contribution is 2.49. The van der Waals surface area contributed by atoms with E-state index < -0.39 is 0 Å². The summed E-state index contributed by atoms with van der Waals surface area (Å²) in [5.74, 6) is 2.97. The van der Waals surface area contributed by atoms with Crippen LogP contribution in [0.3, 0.4) is 0 Å². The summed E-state index contributed by atoms with van der Waals surface area (Å²) in [4.78, 5) is 16.4. The van der Waals surface area contributed by atoms with Crippen LogP contribution in [0.5, 0.6) is 5.88 Å². The van der Waals surface area contributed by atoms with Crippen molar-refractivity contribution in [1.82, 2.24) is 15.6 Å². The number of nitrogens with zero attached hydrogens (tertiary/aromatic N) is 1. The van der Waals surface area contributed by atoms with Gasteiger partial charge in [0.25, 0.3) is 0 Å². The van der Waals surface area contributed by atoms with Crippen LogP contribution >= 0.6 is 0 Å². The van der Waals surface area contributed by atoms with Crippen molar-refractivity contribution in [2.75, 3.05) is 6.61 Å². The molecule has 5 nitrogen and oxygen atoms in total. The average molecular weight is 317 g/mol. The molecule has 2 aliphatic carbocycles. The predicted octanol–water partition coefficient (Wildman–Crippen LogP) is 3.10. The van der Waals surface area contributed by atoms with Crippen molar-refractivity contribution in [2.24, 2.45) is 17.8 Å². The molecule has 0 spiro atoms. The van der Waals surface area contributed by atoms with Crippen molar-refractivity contribution in [2.45, 2.75) is 52.1 Å². The number of nitrogens with one attached hydrogen (secondary N) is 2. The summed E-state index contributed by atoms with van der Waals surface area (Å²) in [5.41, 5.74) is 0.900. The van der Waals surface area contributed by atoms with Crippen molar-refractivity contribution in [3.8, 4) is 5.88 Å². The third kappa shape index (κ3) is 3.77. The van der Waals surface area contributed by atoms with Crippen molar-refractivity contribution >= 4 is 6.03 Å². The maximum absolute atomic E-state index is 12.2. The van der Waals surface area contributed by atoms with Gasteiger partial charge in [0.15, 0.2) is 0 Å². The second kappa shape index (κ2) is 7.20. The van der Waals surface area contributed by atoms with Crippen LogP contribution < -0.4 is 15.4 Å². The fourth-order valence-electron chi connectivity index (χ4n) is 4.27. The highest BCUT2D eigenvalue weighted by atomic mass is 16.5. The SMILES string of the molecule is CCOc1ncccc1CNC(=O)NC(C)C1CC2CCC1C2. The van der Waals surface area contributed by atoms with Crippen molar-refractivity contribution in [3.63, 3.8) is 0 Å². The number of urea groups is 1. The summed E-state index contributed by atoms with van der Waals surface area (Å²) >= 11 is 0. The molecule has 2 amide bonds. The zero-order valence-electron chi connectivity index (χ0n) is 14.0. The number of ether oxygens (including phenoxy) is 1. The first kappa shape index (κ1) is 16.1. The average Bonchev–Trinajstić information content (AvgIpc) is 3.17. The summed E-state index contributed by atoms with van der Waals surface area (Å²) in [6.07, 6.45) is 7.08. The number of pyridine rings is 1. The van der Waals surface area contributed by atoms with Gasteiger partial charge in [0.2, 0.25) is 5.88 Å². The van der Waals surface area contributed by atoms with Gasteiger partial charge in [0.05, 0.1) is 6.61 Å². The van der Waals surface area contributed by atoms with Crippen molar-refractivity contribution in [3.05, 3.63) is 23.9 Å². The fraction of sp³-hybridized carbons (Fsp3) is 0.667. The maximum atomic E-state index is 12.2. The zero-order chi connectivity index (χ0) is 16.2. The minimum Gasteiger partial charge on any atom is -0.478 e. The first-order valence-corrected chi connectivity index (χ1v) is 8.78. The number of carbonyl (C=O) groups is 1. The molecule has 23 heavy (non-hydrogen) atoms. The van der Waals surface area contributed by atoms with Gasteiger partial charge in [-0.25, -0.2) is 9.78 Å². The molecule has 5 heteroatoms. The van der Waals surface area contributed by atoms with Crippen LogP contribution in [0.25, 0.3) is 0 Å². The van der Waals surface area contributed by atoms with Crippen LogP contribution in [0.2, 0.25) is 0 Å². The number of hydrogen-bond donors (Lipinski definition) is 2. The molecular weight excluding hydrogens is 290 g/mol. The lowest BCUT2D eigenvalue weighted by Crippen LogP contribution is -2.45. The molecule has 1 heterocycles. The lowest BCUT2D eigenvalue weighted by molar-refractivity contribution is 0.219. The monoisotopic (exact) mass is 317 g/mol. The normalized spacial score (nSPS) is 26.8. The van der Waals surface area contributed by atoms with Crippen molar-refractivity contribution in [1.29, 1.82) is 0 Å². The fourth-order valence-corrected chi connectivity index (χ4v) is 4.27. The quantitative estimate of drug-likeness (QED) is 0.847. The van der Waals surface area contributed by atoms with E-state index >= 15 is 0 Å². The molecule has 126 valence electrons. The number of carbonyl (C=O) groups excluding carboxylic acids is 1. The van der Waals surface area contributed by atoms with Crippen LogP contribution in [0, 0.1) is 17.8 Å². The van der Waals surface area contributed by atoms with Crippen LogP contribution in [0.1, 0.15) is 45.1 Å². The van der Waals surface area contributed by atoms with E-state index in [0.717, 1.165) is 17.4 Å². The number of hydrogen-bond acceptors (Lipinski definition) is 3. The minimum absolute atomic E-state index is 0.105. The first-order valence-electron chi connectivity index (χ1n) is 8.78. The molecule has 0 radical (unpaired) electrons. The molecular formula is C18H27N3O2. The zero-order valence-corrected chi connectivity index (χ0v) is 14.0. The molecule has 2 N–H and O–H groups in total. The standard InChI is InChI=1S/C18H27N3O2/c1-3-23-17-15(5-4-8-19-17)11-20-18(22)21-12(2)16-10-13-6-7-14(16)9-13/h4-5,8,12-14,16H,3,6-7,9-11H2,1-2H3,(H2,20,21,22). The van der Waals surface area contributed by atoms with Gasteiger partial charge in [-0.05, 0) is 56.9 Å². The Kier molecular flexibility index (Phi) is 5.03. The van der Waals surface area contributed by atoms with E-state index in [-0.39, 0.29) is 12.1 Å². The molecule has 3 rings (SSSR count). The third-order valence-corrected chi connectivity index (χ3v) is 5.36. The van der Waals surface area contributed by atoms with E-state index in [1.165, 1.54) is 25.7 Å². The van der Waals surface area contributed by atoms with Gasteiger partial charge < -0.3 is 15.4 Å². The van der Waals surface area contributed by atoms with Gasteiger partial charge in [-0.2, -0.15) is 0 Å². The Balaban J connectivity index is 1.48. The Bertz CT molecular complexity index is 549. The molecule has 4 unspecified atom stereocenters. The number of rotatable bonds is 6. The summed E-state index contributed by atoms with van der Waals surface area (Å²) in [5, 5.41) is 6.04. The Hall–Kier alpha value is -1.78. The molecule has 1 aromatic heterocycles. The Labute approximate surface area is 138 Å². The van der Waals surface area contributed by atoms with Crippen molar-refractivity contribution < 1.29 is 9.53 Å². The lowest BCUT2D eigenvalue weighted by Gasteiger charge is -2.28. The molecule has 0 aromatic carbocycles. The second-order valence-electron chi connectivity index (χ2n) is 6.86. The predicted molar refractivity (Wildman–Crippen MR) is 89.2 cm³/mol. The minimum atomic E-state index is -0.105. The summed E-state index contributed by atoms with van der Waals surface area (Å²) in [6.45, 7) is 5.06. The van der Waals surface area contributed by atoms with Gasteiger partial charge in [-0.15, -0.1) is 0 Å². The number of amides is 2. The smallest absolute Gasteiger partial charge is 0.315 e. The van der Waals surface area contributed by atoms with Gasteiger partial charge in [-0.3, -0.25) is 0 Å². The molecule has 1 aromatic rings. The van der Waals surface area contributed by atoms with Gasteiger partial charge in [-0.1, -0.05) is 12.5 Å². The number of fused-ring (bicyclic) bond motifs is 2. The van der Waals surface area contributed by atoms with Crippen LogP contribution in [-0.4, -0.2) is 23.7 Å². The summed E-state index contributed by atoms with van der Waals surface area (Å²) in [6, 6.07) is 3.92. The lowest BCUT2D eigenvalue weighted by atomic mass is 9.84. The Morgan fingerprint density at radius 3 is 3.00 bits per heavy atom. The van der Waals surface area contributed by atoms with Gasteiger partial charge in [0.1, 0.15) is 0 Å². The molecule has 2 bridgehead atoms. The van der Waals surface area contributed by atoms with Gasteiger partial charge in [0, 0.05) is 24.3 Å².